The molecule has 0 aliphatic carbocycles. The molecule has 0 aliphatic rings. The number of nitrogens with zero attached hydrogens (tertiary/aromatic N) is 3. The molecular formula is C12H17N5O. The number of hydrogen-bond donors (Lipinski definition) is 2. The maximum Gasteiger partial charge on any atom is 0.144 e. The summed E-state index contributed by atoms with van der Waals surface area (Å²) < 4.78 is 7.20. The highest BCUT2D eigenvalue weighted by Crippen LogP contribution is 2.29. The molecule has 2 rings (SSSR count). The summed E-state index contributed by atoms with van der Waals surface area (Å²) in [7, 11) is 0. The summed E-state index contributed by atoms with van der Waals surface area (Å²) in [5, 5.41) is 10.9. The quantitative estimate of drug-likeness (QED) is 0.754. The molecule has 0 bridgehead atoms. The van der Waals surface area contributed by atoms with Gasteiger partial charge in [0.15, 0.2) is 0 Å². The fourth-order valence-electron chi connectivity index (χ4n) is 1.64. The summed E-state index contributed by atoms with van der Waals surface area (Å²) in [5.41, 5.74) is 7.52. The lowest BCUT2D eigenvalue weighted by molar-refractivity contribution is 0.342. The van der Waals surface area contributed by atoms with Gasteiger partial charge in [-0.05, 0) is 19.1 Å². The Kier molecular flexibility index (Phi) is 4.01. The Balaban J connectivity index is 1.94. The van der Waals surface area contributed by atoms with Gasteiger partial charge < -0.3 is 15.8 Å². The summed E-state index contributed by atoms with van der Waals surface area (Å²) in [5.74, 6) is 0.711. The third-order valence-corrected chi connectivity index (χ3v) is 2.49. The van der Waals surface area contributed by atoms with Crippen molar-refractivity contribution >= 4 is 11.4 Å². The zero-order chi connectivity index (χ0) is 12.8. The molecule has 0 radical (unpaired) electrons. The predicted molar refractivity (Wildman–Crippen MR) is 70.5 cm³/mol. The van der Waals surface area contributed by atoms with Crippen LogP contribution in [0.1, 0.15) is 6.92 Å². The standard InChI is InChI=1S/C12H17N5O/c1-2-18-11-5-3-4-10(12(11)13)14-6-8-17-9-7-15-16-17/h3-5,7,9,14H,2,6,8,13H2,1H3. The number of hydrogen-bond acceptors (Lipinski definition) is 5. The average Bonchev–Trinajstić information content (AvgIpc) is 2.87. The first-order valence-corrected chi connectivity index (χ1v) is 5.90. The van der Waals surface area contributed by atoms with Crippen molar-refractivity contribution in [3.8, 4) is 5.75 Å². The summed E-state index contributed by atoms with van der Waals surface area (Å²) >= 11 is 0. The number of aromatic nitrogens is 3. The third-order valence-electron chi connectivity index (χ3n) is 2.49. The van der Waals surface area contributed by atoms with Gasteiger partial charge in [0, 0.05) is 12.7 Å². The van der Waals surface area contributed by atoms with Gasteiger partial charge in [0.25, 0.3) is 0 Å². The van der Waals surface area contributed by atoms with E-state index in [0.29, 0.717) is 18.0 Å². The van der Waals surface area contributed by atoms with Crippen molar-refractivity contribution in [3.63, 3.8) is 0 Å². The monoisotopic (exact) mass is 247 g/mol. The molecule has 1 heterocycles. The van der Waals surface area contributed by atoms with Gasteiger partial charge in [0.2, 0.25) is 0 Å². The second-order valence-electron chi connectivity index (χ2n) is 3.74. The lowest BCUT2D eigenvalue weighted by Gasteiger charge is -2.12. The van der Waals surface area contributed by atoms with Crippen LogP contribution in [0.25, 0.3) is 0 Å². The van der Waals surface area contributed by atoms with E-state index >= 15 is 0 Å². The van der Waals surface area contributed by atoms with Crippen LogP contribution in [0.5, 0.6) is 5.75 Å². The fourth-order valence-corrected chi connectivity index (χ4v) is 1.64. The first kappa shape index (κ1) is 12.2. The Hall–Kier alpha value is -2.24. The zero-order valence-corrected chi connectivity index (χ0v) is 10.3. The van der Waals surface area contributed by atoms with E-state index in [2.05, 4.69) is 15.6 Å². The summed E-state index contributed by atoms with van der Waals surface area (Å²) in [6, 6.07) is 5.71. The van der Waals surface area contributed by atoms with Crippen LogP contribution in [-0.2, 0) is 6.54 Å². The van der Waals surface area contributed by atoms with Gasteiger partial charge >= 0.3 is 0 Å². The number of nitrogen functional groups attached to an aromatic ring is 1. The molecule has 2 aromatic rings. The highest BCUT2D eigenvalue weighted by molar-refractivity contribution is 5.72. The average molecular weight is 247 g/mol. The van der Waals surface area contributed by atoms with Gasteiger partial charge in [-0.25, -0.2) is 0 Å². The number of rotatable bonds is 6. The number of ether oxygens (including phenoxy) is 1. The van der Waals surface area contributed by atoms with Crippen LogP contribution >= 0.6 is 0 Å². The number of para-hydroxylation sites is 1. The van der Waals surface area contributed by atoms with Crippen molar-refractivity contribution in [2.45, 2.75) is 13.5 Å². The minimum atomic E-state index is 0.604. The number of benzene rings is 1. The Bertz CT molecular complexity index is 483. The SMILES string of the molecule is CCOc1cccc(NCCn2ccnn2)c1N. The van der Waals surface area contributed by atoms with Crippen molar-refractivity contribution in [1.82, 2.24) is 15.0 Å². The van der Waals surface area contributed by atoms with Crippen molar-refractivity contribution in [2.75, 3.05) is 24.2 Å². The number of nitrogens with two attached hydrogens (primary N) is 1. The molecule has 0 aliphatic heterocycles. The Morgan fingerprint density at radius 3 is 3.06 bits per heavy atom. The van der Waals surface area contributed by atoms with E-state index in [0.717, 1.165) is 18.8 Å². The second kappa shape index (κ2) is 5.90. The van der Waals surface area contributed by atoms with Gasteiger partial charge in [-0.3, -0.25) is 4.68 Å². The van der Waals surface area contributed by atoms with Gasteiger partial charge in [-0.1, -0.05) is 11.3 Å². The van der Waals surface area contributed by atoms with E-state index < -0.39 is 0 Å². The van der Waals surface area contributed by atoms with Crippen molar-refractivity contribution < 1.29 is 4.74 Å². The van der Waals surface area contributed by atoms with E-state index in [1.54, 1.807) is 10.9 Å². The van der Waals surface area contributed by atoms with Gasteiger partial charge in [-0.2, -0.15) is 0 Å². The van der Waals surface area contributed by atoms with Crippen molar-refractivity contribution in [1.29, 1.82) is 0 Å². The topological polar surface area (TPSA) is 78.0 Å². The van der Waals surface area contributed by atoms with Crippen LogP contribution in [0.4, 0.5) is 11.4 Å². The van der Waals surface area contributed by atoms with Gasteiger partial charge in [0.1, 0.15) is 5.75 Å². The second-order valence-corrected chi connectivity index (χ2v) is 3.74. The molecule has 0 atom stereocenters. The summed E-state index contributed by atoms with van der Waals surface area (Å²) in [6.45, 7) is 4.00. The van der Waals surface area contributed by atoms with Crippen LogP contribution in [0.15, 0.2) is 30.6 Å². The molecule has 0 saturated heterocycles. The maximum atomic E-state index is 6.01. The molecule has 6 heteroatoms. The van der Waals surface area contributed by atoms with Crippen LogP contribution in [0, 0.1) is 0 Å². The molecule has 1 aromatic heterocycles. The smallest absolute Gasteiger partial charge is 0.144 e. The molecule has 0 saturated carbocycles. The number of anilines is 2. The highest BCUT2D eigenvalue weighted by atomic mass is 16.5. The lowest BCUT2D eigenvalue weighted by Crippen LogP contribution is -2.12. The molecule has 0 spiro atoms. The molecule has 6 nitrogen and oxygen atoms in total. The normalized spacial score (nSPS) is 10.3. The molecule has 18 heavy (non-hydrogen) atoms. The Morgan fingerprint density at radius 1 is 1.44 bits per heavy atom. The van der Waals surface area contributed by atoms with E-state index in [9.17, 15) is 0 Å². The highest BCUT2D eigenvalue weighted by Gasteiger charge is 2.04. The van der Waals surface area contributed by atoms with E-state index in [1.807, 2.05) is 31.3 Å². The predicted octanol–water partition coefficient (Wildman–Crippen LogP) is 1.37. The van der Waals surface area contributed by atoms with E-state index in [1.165, 1.54) is 0 Å². The molecule has 0 unspecified atom stereocenters. The Labute approximate surface area is 106 Å². The largest absolute Gasteiger partial charge is 0.492 e. The van der Waals surface area contributed by atoms with Gasteiger partial charge in [-0.15, -0.1) is 5.10 Å². The molecule has 96 valence electrons. The fraction of sp³-hybridized carbons (Fsp3) is 0.333. The minimum absolute atomic E-state index is 0.604. The first-order valence-electron chi connectivity index (χ1n) is 5.90. The molecule has 0 fully saturated rings. The van der Waals surface area contributed by atoms with Crippen molar-refractivity contribution in [3.05, 3.63) is 30.6 Å². The van der Waals surface area contributed by atoms with Crippen molar-refractivity contribution in [2.24, 2.45) is 0 Å². The molecule has 3 N–H and O–H groups in total. The maximum absolute atomic E-state index is 6.01. The zero-order valence-electron chi connectivity index (χ0n) is 10.3. The first-order chi connectivity index (χ1) is 8.81. The van der Waals surface area contributed by atoms with E-state index in [-0.39, 0.29) is 0 Å². The third kappa shape index (κ3) is 2.91. The lowest BCUT2D eigenvalue weighted by atomic mass is 10.2. The minimum Gasteiger partial charge on any atom is -0.492 e. The van der Waals surface area contributed by atoms with E-state index in [4.69, 9.17) is 10.5 Å². The van der Waals surface area contributed by atoms with Crippen LogP contribution in [0.3, 0.4) is 0 Å². The molecule has 1 aromatic carbocycles. The number of nitrogens with one attached hydrogen (secondary N) is 1. The molecular weight excluding hydrogens is 230 g/mol. The Morgan fingerprint density at radius 2 is 2.33 bits per heavy atom. The summed E-state index contributed by atoms with van der Waals surface area (Å²) in [4.78, 5) is 0. The van der Waals surface area contributed by atoms with Crippen LogP contribution in [-0.4, -0.2) is 28.1 Å². The van der Waals surface area contributed by atoms with Gasteiger partial charge in [0.05, 0.1) is 30.7 Å². The van der Waals surface area contributed by atoms with Crippen LogP contribution in [0.2, 0.25) is 0 Å². The van der Waals surface area contributed by atoms with Crippen LogP contribution < -0.4 is 15.8 Å². The summed E-state index contributed by atoms with van der Waals surface area (Å²) in [6.07, 6.45) is 3.48. The molecule has 0 amide bonds.